The Kier molecular flexibility index (Phi) is 10.2. The van der Waals surface area contributed by atoms with Crippen LogP contribution in [0.25, 0.3) is 0 Å². The van der Waals surface area contributed by atoms with Crippen molar-refractivity contribution >= 4 is 23.4 Å². The highest BCUT2D eigenvalue weighted by atomic mass is 16.5. The van der Waals surface area contributed by atoms with Crippen LogP contribution in [0.5, 0.6) is 5.75 Å². The van der Waals surface area contributed by atoms with Gasteiger partial charge in [-0.25, -0.2) is 0 Å². The highest BCUT2D eigenvalue weighted by Crippen LogP contribution is 2.15. The number of aryl methyl sites for hydroxylation is 2. The van der Waals surface area contributed by atoms with Crippen molar-refractivity contribution < 1.29 is 19.1 Å². The summed E-state index contributed by atoms with van der Waals surface area (Å²) in [5.74, 6) is -0.440. The molecule has 2 aromatic carbocycles. The van der Waals surface area contributed by atoms with E-state index in [2.05, 4.69) is 23.1 Å². The van der Waals surface area contributed by atoms with E-state index in [1.54, 1.807) is 24.3 Å². The monoisotopic (exact) mass is 439 g/mol. The second kappa shape index (κ2) is 13.1. The molecular weight excluding hydrogens is 406 g/mol. The lowest BCUT2D eigenvalue weighted by Crippen LogP contribution is -2.41. The molecule has 0 fully saturated rings. The van der Waals surface area contributed by atoms with Crippen molar-refractivity contribution in [1.82, 2.24) is 10.9 Å². The number of carbonyl (C=O) groups is 3. The van der Waals surface area contributed by atoms with Gasteiger partial charge in [-0.05, 0) is 67.8 Å². The number of amides is 3. The van der Waals surface area contributed by atoms with Gasteiger partial charge in [0.1, 0.15) is 5.75 Å². The number of carbonyl (C=O) groups excluding carboxylic acids is 3. The molecule has 2 rings (SSSR count). The summed E-state index contributed by atoms with van der Waals surface area (Å²) in [5, 5.41) is 2.77. The molecule has 7 nitrogen and oxygen atoms in total. The number of rotatable bonds is 11. The maximum absolute atomic E-state index is 12.2. The van der Waals surface area contributed by atoms with Crippen LogP contribution in [0.3, 0.4) is 0 Å². The summed E-state index contributed by atoms with van der Waals surface area (Å²) < 4.78 is 5.66. The normalized spacial score (nSPS) is 10.3. The summed E-state index contributed by atoms with van der Waals surface area (Å²) in [5.41, 5.74) is 8.01. The first kappa shape index (κ1) is 24.9. The molecule has 3 amide bonds. The van der Waals surface area contributed by atoms with E-state index in [9.17, 15) is 14.4 Å². The van der Waals surface area contributed by atoms with Gasteiger partial charge in [-0.1, -0.05) is 32.3 Å². The largest absolute Gasteiger partial charge is 0.494 e. The van der Waals surface area contributed by atoms with E-state index in [1.807, 2.05) is 32.0 Å². The van der Waals surface area contributed by atoms with Crippen molar-refractivity contribution in [2.24, 2.45) is 0 Å². The number of unbranched alkanes of at least 4 members (excludes halogenated alkanes) is 3. The Morgan fingerprint density at radius 3 is 2.22 bits per heavy atom. The van der Waals surface area contributed by atoms with Gasteiger partial charge in [-0.15, -0.1) is 0 Å². The fourth-order valence-corrected chi connectivity index (χ4v) is 2.95. The average molecular weight is 440 g/mol. The molecule has 2 aromatic rings. The predicted octanol–water partition coefficient (Wildman–Crippen LogP) is 4.44. The minimum Gasteiger partial charge on any atom is -0.494 e. The first-order chi connectivity index (χ1) is 15.4. The molecule has 32 heavy (non-hydrogen) atoms. The quantitative estimate of drug-likeness (QED) is 0.356. The molecule has 0 heterocycles. The molecule has 0 aliphatic carbocycles. The van der Waals surface area contributed by atoms with Crippen molar-refractivity contribution in [3.8, 4) is 5.75 Å². The van der Waals surface area contributed by atoms with E-state index in [4.69, 9.17) is 4.74 Å². The van der Waals surface area contributed by atoms with Crippen LogP contribution in [0.1, 0.15) is 66.9 Å². The molecule has 0 spiro atoms. The summed E-state index contributed by atoms with van der Waals surface area (Å²) in [6, 6.07) is 12.4. The number of nitrogens with one attached hydrogen (secondary N) is 3. The van der Waals surface area contributed by atoms with E-state index in [-0.39, 0.29) is 18.7 Å². The fraction of sp³-hybridized carbons (Fsp3) is 0.400. The summed E-state index contributed by atoms with van der Waals surface area (Å²) >= 11 is 0. The van der Waals surface area contributed by atoms with Crippen LogP contribution < -0.4 is 20.9 Å². The van der Waals surface area contributed by atoms with Crippen LogP contribution in [-0.2, 0) is 9.59 Å². The van der Waals surface area contributed by atoms with Crippen LogP contribution in [0.4, 0.5) is 5.69 Å². The Morgan fingerprint density at radius 1 is 0.812 bits per heavy atom. The smallest absolute Gasteiger partial charge is 0.269 e. The Balaban J connectivity index is 1.67. The predicted molar refractivity (Wildman–Crippen MR) is 125 cm³/mol. The number of hydrogen-bond donors (Lipinski definition) is 3. The molecule has 0 unspecified atom stereocenters. The average Bonchev–Trinajstić information content (AvgIpc) is 2.79. The molecule has 0 aliphatic heterocycles. The molecule has 0 saturated carbocycles. The van der Waals surface area contributed by atoms with E-state index in [1.165, 1.54) is 12.8 Å². The third-order valence-electron chi connectivity index (χ3n) is 5.07. The Labute approximate surface area is 189 Å². The molecule has 0 aliphatic rings. The van der Waals surface area contributed by atoms with E-state index in [0.717, 1.165) is 24.0 Å². The lowest BCUT2D eigenvalue weighted by Gasteiger charge is -2.10. The molecule has 172 valence electrons. The summed E-state index contributed by atoms with van der Waals surface area (Å²) in [4.78, 5) is 36.2. The van der Waals surface area contributed by atoms with Crippen molar-refractivity contribution in [2.75, 3.05) is 11.9 Å². The van der Waals surface area contributed by atoms with Gasteiger partial charge < -0.3 is 10.1 Å². The number of hydrogen-bond acceptors (Lipinski definition) is 4. The second-order valence-electron chi connectivity index (χ2n) is 7.78. The van der Waals surface area contributed by atoms with Crippen molar-refractivity contribution in [2.45, 2.75) is 59.3 Å². The second-order valence-corrected chi connectivity index (χ2v) is 7.78. The van der Waals surface area contributed by atoms with Crippen molar-refractivity contribution in [3.63, 3.8) is 0 Å². The van der Waals surface area contributed by atoms with E-state index < -0.39 is 11.8 Å². The summed E-state index contributed by atoms with van der Waals surface area (Å²) in [6.45, 7) is 6.78. The number of benzene rings is 2. The molecule has 0 atom stereocenters. The number of hydrazine groups is 1. The maximum atomic E-state index is 12.2. The SMILES string of the molecule is CCCCCCOc1ccc(C(=O)NNC(=O)CCC(=O)Nc2ccc(C)c(C)c2)cc1. The highest BCUT2D eigenvalue weighted by molar-refractivity contribution is 5.96. The molecular formula is C25H33N3O4. The van der Waals surface area contributed by atoms with Gasteiger partial charge in [-0.2, -0.15) is 0 Å². The summed E-state index contributed by atoms with van der Waals surface area (Å²) in [7, 11) is 0. The standard InChI is InChI=1S/C25H33N3O4/c1-4-5-6-7-16-32-22-12-9-20(10-13-22)25(31)28-27-24(30)15-14-23(29)26-21-11-8-18(2)19(3)17-21/h8-13,17H,4-7,14-16H2,1-3H3,(H,26,29)(H,27,30)(H,28,31). The van der Waals surface area contributed by atoms with E-state index >= 15 is 0 Å². The zero-order valence-corrected chi connectivity index (χ0v) is 19.1. The first-order valence-electron chi connectivity index (χ1n) is 11.1. The van der Waals surface area contributed by atoms with Gasteiger partial charge in [0.2, 0.25) is 11.8 Å². The van der Waals surface area contributed by atoms with Gasteiger partial charge in [0.25, 0.3) is 5.91 Å². The molecule has 3 N–H and O–H groups in total. The van der Waals surface area contributed by atoms with Crippen molar-refractivity contribution in [3.05, 3.63) is 59.2 Å². The first-order valence-corrected chi connectivity index (χ1v) is 11.1. The molecule has 0 saturated heterocycles. The molecule has 0 bridgehead atoms. The van der Waals surface area contributed by atoms with Gasteiger partial charge in [0.15, 0.2) is 0 Å². The third-order valence-corrected chi connectivity index (χ3v) is 5.07. The zero-order chi connectivity index (χ0) is 23.3. The number of ether oxygens (including phenoxy) is 1. The topological polar surface area (TPSA) is 96.5 Å². The minimum atomic E-state index is -0.444. The molecule has 0 radical (unpaired) electrons. The van der Waals surface area contributed by atoms with Crippen LogP contribution in [0.15, 0.2) is 42.5 Å². The Bertz CT molecular complexity index is 910. The van der Waals surface area contributed by atoms with Gasteiger partial charge in [0.05, 0.1) is 6.61 Å². The third kappa shape index (κ3) is 8.79. The molecule has 7 heteroatoms. The lowest BCUT2D eigenvalue weighted by molar-refractivity contribution is -0.124. The van der Waals surface area contributed by atoms with Crippen LogP contribution in [0.2, 0.25) is 0 Å². The zero-order valence-electron chi connectivity index (χ0n) is 19.1. The Hall–Kier alpha value is -3.35. The lowest BCUT2D eigenvalue weighted by atomic mass is 10.1. The van der Waals surface area contributed by atoms with Crippen molar-refractivity contribution in [1.29, 1.82) is 0 Å². The fourth-order valence-electron chi connectivity index (χ4n) is 2.95. The van der Waals surface area contributed by atoms with Crippen LogP contribution in [-0.4, -0.2) is 24.3 Å². The van der Waals surface area contributed by atoms with Crippen LogP contribution in [0, 0.1) is 13.8 Å². The minimum absolute atomic E-state index is 0.0128. The highest BCUT2D eigenvalue weighted by Gasteiger charge is 2.10. The maximum Gasteiger partial charge on any atom is 0.269 e. The van der Waals surface area contributed by atoms with Gasteiger partial charge in [0, 0.05) is 24.1 Å². The van der Waals surface area contributed by atoms with Gasteiger partial charge in [-0.3, -0.25) is 25.2 Å². The van der Waals surface area contributed by atoms with Crippen LogP contribution >= 0.6 is 0 Å². The Morgan fingerprint density at radius 2 is 1.53 bits per heavy atom. The molecule has 0 aromatic heterocycles. The summed E-state index contributed by atoms with van der Waals surface area (Å²) in [6.07, 6.45) is 4.50. The van der Waals surface area contributed by atoms with E-state index in [0.29, 0.717) is 23.6 Å². The number of anilines is 1. The van der Waals surface area contributed by atoms with Gasteiger partial charge >= 0.3 is 0 Å².